The highest BCUT2D eigenvalue weighted by molar-refractivity contribution is 7.13. The van der Waals surface area contributed by atoms with E-state index in [2.05, 4.69) is 15.3 Å². The van der Waals surface area contributed by atoms with Gasteiger partial charge < -0.3 is 15.0 Å². The second-order valence-electron chi connectivity index (χ2n) is 8.34. The van der Waals surface area contributed by atoms with E-state index in [-0.39, 0.29) is 36.5 Å². The number of ketones is 1. The molecule has 3 atom stereocenters. The quantitative estimate of drug-likeness (QED) is 0.523. The Balaban J connectivity index is 1.39. The van der Waals surface area contributed by atoms with E-state index in [1.165, 1.54) is 16.2 Å². The van der Waals surface area contributed by atoms with E-state index in [0.717, 1.165) is 11.1 Å². The molecule has 2 saturated heterocycles. The third-order valence-electron chi connectivity index (χ3n) is 6.07. The molecule has 11 heteroatoms. The summed E-state index contributed by atoms with van der Waals surface area (Å²) in [5.41, 5.74) is 1.71. The third-order valence-corrected chi connectivity index (χ3v) is 7.70. The summed E-state index contributed by atoms with van der Waals surface area (Å²) in [5.74, 6) is -0.959. The molecule has 0 aliphatic carbocycles. The van der Waals surface area contributed by atoms with E-state index < -0.39 is 18.0 Å². The van der Waals surface area contributed by atoms with E-state index >= 15 is 0 Å². The van der Waals surface area contributed by atoms with Crippen LogP contribution in [-0.2, 0) is 20.7 Å². The van der Waals surface area contributed by atoms with Gasteiger partial charge in [-0.15, -0.1) is 11.3 Å². The highest BCUT2D eigenvalue weighted by Crippen LogP contribution is 2.29. The molecular weight excluding hydrogens is 511 g/mol. The number of ether oxygens (including phenoxy) is 1. The summed E-state index contributed by atoms with van der Waals surface area (Å²) in [7, 11) is 0. The van der Waals surface area contributed by atoms with Crippen LogP contribution in [0.15, 0.2) is 48.1 Å². The van der Waals surface area contributed by atoms with Gasteiger partial charge >= 0.3 is 0 Å². The molecule has 0 bridgehead atoms. The van der Waals surface area contributed by atoms with Crippen LogP contribution in [0.1, 0.15) is 22.5 Å². The molecule has 0 spiro atoms. The Labute approximate surface area is 215 Å². The van der Waals surface area contributed by atoms with Gasteiger partial charge in [-0.3, -0.25) is 19.4 Å². The zero-order valence-electron chi connectivity index (χ0n) is 18.3. The minimum absolute atomic E-state index is 0.00112. The maximum absolute atomic E-state index is 13.6. The fourth-order valence-electron chi connectivity index (χ4n) is 4.38. The normalized spacial score (nSPS) is 20.1. The largest absolute Gasteiger partial charge is 0.368 e. The molecule has 5 rings (SSSR count). The van der Waals surface area contributed by atoms with Crippen LogP contribution in [0.2, 0.25) is 10.0 Å². The van der Waals surface area contributed by atoms with E-state index in [1.807, 2.05) is 6.07 Å². The van der Waals surface area contributed by atoms with E-state index in [9.17, 15) is 14.4 Å². The maximum Gasteiger partial charge on any atom is 0.271 e. The number of nitrogens with zero attached hydrogens (tertiary/aromatic N) is 3. The van der Waals surface area contributed by atoms with Crippen LogP contribution in [-0.4, -0.2) is 63.8 Å². The predicted molar refractivity (Wildman–Crippen MR) is 132 cm³/mol. The Morgan fingerprint density at radius 3 is 2.89 bits per heavy atom. The fraction of sp³-hybridized carbons (Fsp3) is 0.292. The Morgan fingerprint density at radius 2 is 2.11 bits per heavy atom. The van der Waals surface area contributed by atoms with Crippen molar-refractivity contribution in [3.8, 4) is 10.6 Å². The van der Waals surface area contributed by atoms with Crippen molar-refractivity contribution in [1.82, 2.24) is 20.2 Å². The first-order valence-electron chi connectivity index (χ1n) is 11.0. The summed E-state index contributed by atoms with van der Waals surface area (Å²) in [6.45, 7) is 0.383. The number of carbonyl (C=O) groups is 3. The Morgan fingerprint density at radius 1 is 1.26 bits per heavy atom. The standard InChI is InChI=1S/C24H20Cl2N4O4S/c25-15-4-3-13(8-16(15)26)9-17(24(33)30-7-5-20-21(30)19(31)11-34-20)28-22(32)18-12-35-23(29-18)14-2-1-6-27-10-14/h1-4,6,8,10,12,17,20-21H,5,7,9,11H2,(H,28,32). The SMILES string of the molecule is O=C(NC(Cc1ccc(Cl)c(Cl)c1)C(=O)N1CCC2OCC(=O)C21)c1csc(-c2cccnc2)n1. The van der Waals surface area contributed by atoms with Crippen molar-refractivity contribution in [1.29, 1.82) is 0 Å². The molecule has 180 valence electrons. The zero-order chi connectivity index (χ0) is 24.5. The van der Waals surface area contributed by atoms with Crippen LogP contribution in [0, 0.1) is 0 Å². The van der Waals surface area contributed by atoms with E-state index in [0.29, 0.717) is 28.0 Å². The number of thiazole rings is 1. The van der Waals surface area contributed by atoms with Crippen molar-refractivity contribution < 1.29 is 19.1 Å². The van der Waals surface area contributed by atoms with Crippen molar-refractivity contribution in [3.05, 3.63) is 69.4 Å². The summed E-state index contributed by atoms with van der Waals surface area (Å²) in [5, 5.41) is 5.85. The van der Waals surface area contributed by atoms with Crippen LogP contribution in [0.5, 0.6) is 0 Å². The lowest BCUT2D eigenvalue weighted by Crippen LogP contribution is -2.53. The number of benzene rings is 1. The maximum atomic E-state index is 13.6. The van der Waals surface area contributed by atoms with E-state index in [4.69, 9.17) is 27.9 Å². The van der Waals surface area contributed by atoms with Gasteiger partial charge in [0, 0.05) is 36.3 Å². The van der Waals surface area contributed by atoms with Gasteiger partial charge in [0.25, 0.3) is 5.91 Å². The van der Waals surface area contributed by atoms with Gasteiger partial charge in [0.2, 0.25) is 5.91 Å². The molecule has 2 aromatic heterocycles. The number of amides is 2. The summed E-state index contributed by atoms with van der Waals surface area (Å²) in [6, 6.07) is 7.15. The molecule has 3 aromatic rings. The van der Waals surface area contributed by atoms with Gasteiger partial charge in [-0.2, -0.15) is 0 Å². The Kier molecular flexibility index (Phi) is 6.84. The van der Waals surface area contributed by atoms with Crippen LogP contribution < -0.4 is 5.32 Å². The van der Waals surface area contributed by atoms with Gasteiger partial charge in [0.15, 0.2) is 5.78 Å². The molecule has 1 aromatic carbocycles. The predicted octanol–water partition coefficient (Wildman–Crippen LogP) is 3.42. The lowest BCUT2D eigenvalue weighted by molar-refractivity contribution is -0.138. The number of likely N-dealkylation sites (tertiary alicyclic amines) is 1. The zero-order valence-corrected chi connectivity index (χ0v) is 20.6. The number of hydrogen-bond donors (Lipinski definition) is 1. The minimum atomic E-state index is -0.935. The van der Waals surface area contributed by atoms with E-state index in [1.54, 1.807) is 42.0 Å². The lowest BCUT2D eigenvalue weighted by Gasteiger charge is -2.27. The second kappa shape index (κ2) is 10.0. The molecule has 2 aliphatic rings. The number of hydrogen-bond acceptors (Lipinski definition) is 7. The molecule has 8 nitrogen and oxygen atoms in total. The summed E-state index contributed by atoms with van der Waals surface area (Å²) < 4.78 is 5.52. The first kappa shape index (κ1) is 23.9. The molecule has 2 aliphatic heterocycles. The van der Waals surface area contributed by atoms with Crippen LogP contribution in [0.3, 0.4) is 0 Å². The summed E-state index contributed by atoms with van der Waals surface area (Å²) in [4.78, 5) is 49.1. The fourth-order valence-corrected chi connectivity index (χ4v) is 5.49. The van der Waals surface area contributed by atoms with Gasteiger partial charge in [-0.05, 0) is 36.2 Å². The number of pyridine rings is 1. The number of fused-ring (bicyclic) bond motifs is 1. The highest BCUT2D eigenvalue weighted by Gasteiger charge is 2.48. The molecule has 4 heterocycles. The minimum Gasteiger partial charge on any atom is -0.368 e. The third kappa shape index (κ3) is 4.95. The van der Waals surface area contributed by atoms with Crippen LogP contribution >= 0.6 is 34.5 Å². The van der Waals surface area contributed by atoms with Crippen molar-refractivity contribution in [2.45, 2.75) is 31.0 Å². The first-order chi connectivity index (χ1) is 16.9. The molecule has 0 radical (unpaired) electrons. The molecule has 2 fully saturated rings. The van der Waals surface area contributed by atoms with Crippen molar-refractivity contribution in [2.24, 2.45) is 0 Å². The molecule has 0 saturated carbocycles. The monoisotopic (exact) mass is 530 g/mol. The molecule has 1 N–H and O–H groups in total. The van der Waals surface area contributed by atoms with Crippen molar-refractivity contribution in [3.63, 3.8) is 0 Å². The highest BCUT2D eigenvalue weighted by atomic mass is 35.5. The number of rotatable bonds is 6. The summed E-state index contributed by atoms with van der Waals surface area (Å²) >= 11 is 13.5. The van der Waals surface area contributed by atoms with Gasteiger partial charge in [0.1, 0.15) is 29.4 Å². The van der Waals surface area contributed by atoms with Crippen molar-refractivity contribution >= 4 is 52.1 Å². The number of carbonyl (C=O) groups excluding carboxylic acids is 3. The smallest absolute Gasteiger partial charge is 0.271 e. The number of Topliss-reactive ketones (excluding diaryl/α,β-unsaturated/α-hetero) is 1. The van der Waals surface area contributed by atoms with Crippen LogP contribution in [0.4, 0.5) is 0 Å². The number of aromatic nitrogens is 2. The second-order valence-corrected chi connectivity index (χ2v) is 10.0. The Hall–Kier alpha value is -2.85. The van der Waals surface area contributed by atoms with Gasteiger partial charge in [-0.1, -0.05) is 29.3 Å². The van der Waals surface area contributed by atoms with Gasteiger partial charge in [-0.25, -0.2) is 4.98 Å². The molecule has 2 amide bonds. The first-order valence-corrected chi connectivity index (χ1v) is 12.6. The topological polar surface area (TPSA) is 101 Å². The lowest BCUT2D eigenvalue weighted by atomic mass is 10.0. The average Bonchev–Trinajstić information content (AvgIpc) is 3.59. The van der Waals surface area contributed by atoms with Crippen molar-refractivity contribution in [2.75, 3.05) is 13.2 Å². The summed E-state index contributed by atoms with van der Waals surface area (Å²) in [6.07, 6.45) is 3.78. The van der Waals surface area contributed by atoms with Crippen LogP contribution in [0.25, 0.3) is 10.6 Å². The number of halogens is 2. The molecule has 35 heavy (non-hydrogen) atoms. The average molecular weight is 531 g/mol. The number of nitrogens with one attached hydrogen (secondary N) is 1. The van der Waals surface area contributed by atoms with Gasteiger partial charge in [0.05, 0.1) is 16.1 Å². The molecule has 3 unspecified atom stereocenters. The Bertz CT molecular complexity index is 1290. The molecular formula is C24H20Cl2N4O4S.